The second-order valence-electron chi connectivity index (χ2n) is 8.33. The van der Waals surface area contributed by atoms with Gasteiger partial charge in [0.2, 0.25) is 11.8 Å². The third-order valence-corrected chi connectivity index (χ3v) is 5.52. The summed E-state index contributed by atoms with van der Waals surface area (Å²) in [5, 5.41) is 3.00. The van der Waals surface area contributed by atoms with E-state index in [1.54, 1.807) is 17.0 Å². The van der Waals surface area contributed by atoms with Crippen LogP contribution >= 0.6 is 0 Å². The van der Waals surface area contributed by atoms with Crippen molar-refractivity contribution >= 4 is 11.8 Å². The van der Waals surface area contributed by atoms with E-state index in [-0.39, 0.29) is 36.2 Å². The Labute approximate surface area is 183 Å². The van der Waals surface area contributed by atoms with Gasteiger partial charge < -0.3 is 15.0 Å². The average Bonchev–Trinajstić information content (AvgIpc) is 3.29. The lowest BCUT2D eigenvalue weighted by molar-refractivity contribution is -0.143. The predicted molar refractivity (Wildman–Crippen MR) is 118 cm³/mol. The van der Waals surface area contributed by atoms with E-state index in [0.717, 1.165) is 30.6 Å². The van der Waals surface area contributed by atoms with Gasteiger partial charge in [-0.2, -0.15) is 0 Å². The van der Waals surface area contributed by atoms with Gasteiger partial charge in [-0.3, -0.25) is 9.59 Å². The van der Waals surface area contributed by atoms with Gasteiger partial charge in [0.25, 0.3) is 0 Å². The van der Waals surface area contributed by atoms with E-state index in [1.165, 1.54) is 12.1 Å². The van der Waals surface area contributed by atoms with Crippen molar-refractivity contribution in [1.82, 2.24) is 10.2 Å². The van der Waals surface area contributed by atoms with Crippen LogP contribution in [0.3, 0.4) is 0 Å². The van der Waals surface area contributed by atoms with Crippen molar-refractivity contribution < 1.29 is 18.7 Å². The number of hydrogen-bond donors (Lipinski definition) is 1. The molecule has 6 heteroatoms. The lowest BCUT2D eigenvalue weighted by Crippen LogP contribution is -2.52. The van der Waals surface area contributed by atoms with Crippen molar-refractivity contribution in [3.05, 3.63) is 71.5 Å². The Morgan fingerprint density at radius 3 is 2.42 bits per heavy atom. The zero-order valence-electron chi connectivity index (χ0n) is 18.2. The van der Waals surface area contributed by atoms with Crippen LogP contribution in [-0.4, -0.2) is 42.0 Å². The van der Waals surface area contributed by atoms with Gasteiger partial charge in [0, 0.05) is 32.0 Å². The highest BCUT2D eigenvalue weighted by Crippen LogP contribution is 2.18. The monoisotopic (exact) mass is 426 g/mol. The molecule has 2 aromatic rings. The fraction of sp³-hybridized carbons (Fsp3) is 0.440. The number of rotatable bonds is 9. The minimum Gasteiger partial charge on any atom is -0.376 e. The zero-order chi connectivity index (χ0) is 22.2. The van der Waals surface area contributed by atoms with E-state index in [4.69, 9.17) is 4.74 Å². The smallest absolute Gasteiger partial charge is 0.243 e. The van der Waals surface area contributed by atoms with E-state index < -0.39 is 6.04 Å². The molecule has 3 rings (SSSR count). The molecule has 1 N–H and O–H groups in total. The molecular formula is C25H31FN2O3. The third-order valence-electron chi connectivity index (χ3n) is 5.52. The summed E-state index contributed by atoms with van der Waals surface area (Å²) in [7, 11) is 0. The summed E-state index contributed by atoms with van der Waals surface area (Å²) < 4.78 is 19.0. The normalized spacial score (nSPS) is 16.8. The van der Waals surface area contributed by atoms with Gasteiger partial charge in [-0.25, -0.2) is 4.39 Å². The minimum absolute atomic E-state index is 0.0210. The first-order valence-corrected chi connectivity index (χ1v) is 10.9. The van der Waals surface area contributed by atoms with Crippen molar-refractivity contribution in [2.24, 2.45) is 5.92 Å². The summed E-state index contributed by atoms with van der Waals surface area (Å²) in [6, 6.07) is 15.0. The SMILES string of the molecule is CC(C)C(=O)N(Cc1ccc(F)cc1)[C@H](Cc1ccccc1)C(=O)NC[C@H]1CCCO1. The van der Waals surface area contributed by atoms with Crippen molar-refractivity contribution in [1.29, 1.82) is 0 Å². The summed E-state index contributed by atoms with van der Waals surface area (Å²) in [6.07, 6.45) is 2.34. The Balaban J connectivity index is 1.85. The number of nitrogens with zero attached hydrogens (tertiary/aromatic N) is 1. The molecule has 2 aromatic carbocycles. The molecule has 1 saturated heterocycles. The van der Waals surface area contributed by atoms with Crippen molar-refractivity contribution in [2.75, 3.05) is 13.2 Å². The highest BCUT2D eigenvalue weighted by Gasteiger charge is 2.32. The molecule has 0 saturated carbocycles. The van der Waals surface area contributed by atoms with Gasteiger partial charge in [-0.1, -0.05) is 56.3 Å². The molecule has 166 valence electrons. The van der Waals surface area contributed by atoms with E-state index in [9.17, 15) is 14.0 Å². The standard InChI is InChI=1S/C25H31FN2O3/c1-18(2)25(30)28(17-20-10-12-21(26)13-11-20)23(15-19-7-4-3-5-8-19)24(29)27-16-22-9-6-14-31-22/h3-5,7-8,10-13,18,22-23H,6,9,14-17H2,1-2H3,(H,27,29)/t22-,23-/m1/s1. The first kappa shape index (κ1) is 22.9. The molecule has 2 amide bonds. The average molecular weight is 427 g/mol. The Morgan fingerprint density at radius 2 is 1.81 bits per heavy atom. The molecule has 0 aliphatic carbocycles. The lowest BCUT2D eigenvalue weighted by atomic mass is 10.0. The third kappa shape index (κ3) is 6.62. The van der Waals surface area contributed by atoms with E-state index >= 15 is 0 Å². The maximum absolute atomic E-state index is 13.4. The van der Waals surface area contributed by atoms with E-state index in [2.05, 4.69) is 5.32 Å². The second-order valence-corrected chi connectivity index (χ2v) is 8.33. The molecule has 0 radical (unpaired) electrons. The van der Waals surface area contributed by atoms with Gasteiger partial charge in [-0.15, -0.1) is 0 Å². The fourth-order valence-corrected chi connectivity index (χ4v) is 3.78. The summed E-state index contributed by atoms with van der Waals surface area (Å²) in [4.78, 5) is 28.1. The molecule has 1 aliphatic rings. The van der Waals surface area contributed by atoms with E-state index in [0.29, 0.717) is 13.0 Å². The number of benzene rings is 2. The van der Waals surface area contributed by atoms with Gasteiger partial charge in [0.15, 0.2) is 0 Å². The summed E-state index contributed by atoms with van der Waals surface area (Å²) in [5.74, 6) is -0.918. The Kier molecular flexibility index (Phi) is 8.18. The molecule has 1 aliphatic heterocycles. The highest BCUT2D eigenvalue weighted by molar-refractivity contribution is 5.88. The van der Waals surface area contributed by atoms with Crippen LogP contribution in [0.1, 0.15) is 37.8 Å². The first-order chi connectivity index (χ1) is 14.9. The van der Waals surface area contributed by atoms with Crippen molar-refractivity contribution in [3.63, 3.8) is 0 Å². The maximum atomic E-state index is 13.4. The van der Waals surface area contributed by atoms with Crippen LogP contribution in [-0.2, 0) is 27.3 Å². The topological polar surface area (TPSA) is 58.6 Å². The number of ether oxygens (including phenoxy) is 1. The molecule has 5 nitrogen and oxygen atoms in total. The Morgan fingerprint density at radius 1 is 1.10 bits per heavy atom. The van der Waals surface area contributed by atoms with Crippen LogP contribution < -0.4 is 5.32 Å². The minimum atomic E-state index is -0.677. The number of nitrogens with one attached hydrogen (secondary N) is 1. The maximum Gasteiger partial charge on any atom is 0.243 e. The molecule has 0 spiro atoms. The largest absolute Gasteiger partial charge is 0.376 e. The van der Waals surface area contributed by atoms with Crippen LogP contribution in [0.25, 0.3) is 0 Å². The molecule has 2 atom stereocenters. The highest BCUT2D eigenvalue weighted by atomic mass is 19.1. The zero-order valence-corrected chi connectivity index (χ0v) is 18.2. The fourth-order valence-electron chi connectivity index (χ4n) is 3.78. The number of carbonyl (C=O) groups is 2. The van der Waals surface area contributed by atoms with Gasteiger partial charge in [0.05, 0.1) is 6.10 Å². The molecular weight excluding hydrogens is 395 g/mol. The van der Waals surface area contributed by atoms with Crippen LogP contribution in [0.5, 0.6) is 0 Å². The second kappa shape index (κ2) is 11.0. The van der Waals surface area contributed by atoms with Gasteiger partial charge in [-0.05, 0) is 36.1 Å². The first-order valence-electron chi connectivity index (χ1n) is 10.9. The summed E-state index contributed by atoms with van der Waals surface area (Å²) >= 11 is 0. The van der Waals surface area contributed by atoms with Crippen LogP contribution in [0, 0.1) is 11.7 Å². The molecule has 1 fully saturated rings. The van der Waals surface area contributed by atoms with Gasteiger partial charge in [0.1, 0.15) is 11.9 Å². The number of amides is 2. The summed E-state index contributed by atoms with van der Waals surface area (Å²) in [6.45, 7) is 5.04. The van der Waals surface area contributed by atoms with Crippen LogP contribution in [0.4, 0.5) is 4.39 Å². The van der Waals surface area contributed by atoms with Gasteiger partial charge >= 0.3 is 0 Å². The number of halogens is 1. The van der Waals surface area contributed by atoms with Crippen LogP contribution in [0.2, 0.25) is 0 Å². The van der Waals surface area contributed by atoms with Crippen molar-refractivity contribution in [2.45, 2.75) is 51.8 Å². The molecule has 31 heavy (non-hydrogen) atoms. The Hall–Kier alpha value is -2.73. The molecule has 1 heterocycles. The van der Waals surface area contributed by atoms with E-state index in [1.807, 2.05) is 44.2 Å². The molecule has 0 bridgehead atoms. The summed E-state index contributed by atoms with van der Waals surface area (Å²) in [5.41, 5.74) is 1.75. The Bertz CT molecular complexity index is 849. The van der Waals surface area contributed by atoms with Crippen molar-refractivity contribution in [3.8, 4) is 0 Å². The van der Waals surface area contributed by atoms with Crippen LogP contribution in [0.15, 0.2) is 54.6 Å². The predicted octanol–water partition coefficient (Wildman–Crippen LogP) is 3.72. The quantitative estimate of drug-likeness (QED) is 0.665. The number of hydrogen-bond acceptors (Lipinski definition) is 3. The molecule has 0 unspecified atom stereocenters. The number of carbonyl (C=O) groups excluding carboxylic acids is 2. The lowest BCUT2D eigenvalue weighted by Gasteiger charge is -2.33. The molecule has 0 aromatic heterocycles.